The standard InChI is InChI=1S/C17H22N6O2/c1-3-25-16-13-6-7-18-15(13)21-17(22-16)20-14-9-19-23(11(14)2)12-5-4-8-24-10-12/h6-7,9,12H,3-5,8,10H2,1-2H3,(H2,18,20,21,22). The van der Waals surface area contributed by atoms with Crippen molar-refractivity contribution in [1.29, 1.82) is 0 Å². The third-order valence-corrected chi connectivity index (χ3v) is 4.44. The Kier molecular flexibility index (Phi) is 4.27. The molecule has 1 unspecified atom stereocenters. The van der Waals surface area contributed by atoms with Gasteiger partial charge in [0.1, 0.15) is 5.65 Å². The van der Waals surface area contributed by atoms with Crippen molar-refractivity contribution in [3.8, 4) is 5.88 Å². The summed E-state index contributed by atoms with van der Waals surface area (Å²) in [6.45, 7) is 6.08. The number of fused-ring (bicyclic) bond motifs is 1. The number of aromatic nitrogens is 5. The summed E-state index contributed by atoms with van der Waals surface area (Å²) in [6.07, 6.45) is 5.79. The van der Waals surface area contributed by atoms with Crippen LogP contribution in [-0.2, 0) is 4.74 Å². The normalized spacial score (nSPS) is 17.8. The highest BCUT2D eigenvalue weighted by Crippen LogP contribution is 2.28. The second kappa shape index (κ2) is 6.72. The highest BCUT2D eigenvalue weighted by molar-refractivity contribution is 5.82. The lowest BCUT2D eigenvalue weighted by Crippen LogP contribution is -2.23. The van der Waals surface area contributed by atoms with Crippen LogP contribution in [0.25, 0.3) is 11.0 Å². The minimum absolute atomic E-state index is 0.287. The van der Waals surface area contributed by atoms with Crippen LogP contribution in [0.3, 0.4) is 0 Å². The molecular weight excluding hydrogens is 320 g/mol. The van der Waals surface area contributed by atoms with Crippen LogP contribution in [0.1, 0.15) is 31.5 Å². The van der Waals surface area contributed by atoms with Gasteiger partial charge in [-0.2, -0.15) is 15.1 Å². The van der Waals surface area contributed by atoms with E-state index in [-0.39, 0.29) is 6.04 Å². The molecule has 0 radical (unpaired) electrons. The number of aromatic amines is 1. The average Bonchev–Trinajstić information content (AvgIpc) is 3.24. The van der Waals surface area contributed by atoms with Gasteiger partial charge in [0.05, 0.1) is 42.2 Å². The van der Waals surface area contributed by atoms with Crippen molar-refractivity contribution in [3.05, 3.63) is 24.2 Å². The SMILES string of the molecule is CCOc1nc(Nc2cnn(C3CCCOC3)c2C)nc2[nH]ccc12. The molecule has 8 nitrogen and oxygen atoms in total. The van der Waals surface area contributed by atoms with Crippen molar-refractivity contribution in [1.82, 2.24) is 24.7 Å². The van der Waals surface area contributed by atoms with Crippen molar-refractivity contribution in [2.75, 3.05) is 25.1 Å². The van der Waals surface area contributed by atoms with Crippen LogP contribution in [0, 0.1) is 6.92 Å². The smallest absolute Gasteiger partial charge is 0.232 e. The quantitative estimate of drug-likeness (QED) is 0.741. The Bertz CT molecular complexity index is 865. The van der Waals surface area contributed by atoms with Gasteiger partial charge in [0.2, 0.25) is 11.8 Å². The largest absolute Gasteiger partial charge is 0.477 e. The molecule has 2 N–H and O–H groups in total. The topological polar surface area (TPSA) is 89.9 Å². The molecular formula is C17H22N6O2. The molecule has 0 amide bonds. The Morgan fingerprint density at radius 1 is 1.44 bits per heavy atom. The molecule has 3 aromatic heterocycles. The van der Waals surface area contributed by atoms with E-state index in [0.717, 1.165) is 41.9 Å². The van der Waals surface area contributed by atoms with Crippen molar-refractivity contribution in [2.24, 2.45) is 0 Å². The Morgan fingerprint density at radius 2 is 2.36 bits per heavy atom. The molecule has 1 aliphatic heterocycles. The van der Waals surface area contributed by atoms with E-state index >= 15 is 0 Å². The second-order valence-corrected chi connectivity index (χ2v) is 6.11. The molecule has 0 aliphatic carbocycles. The van der Waals surface area contributed by atoms with Gasteiger partial charge in [0.15, 0.2) is 0 Å². The third kappa shape index (κ3) is 3.05. The van der Waals surface area contributed by atoms with Crippen LogP contribution >= 0.6 is 0 Å². The summed E-state index contributed by atoms with van der Waals surface area (Å²) in [5, 5.41) is 8.67. The fraction of sp³-hybridized carbons (Fsp3) is 0.471. The maximum absolute atomic E-state index is 5.64. The van der Waals surface area contributed by atoms with Gasteiger partial charge in [0, 0.05) is 12.8 Å². The van der Waals surface area contributed by atoms with E-state index in [1.807, 2.05) is 37.0 Å². The first-order chi connectivity index (χ1) is 12.3. The molecule has 0 bridgehead atoms. The molecule has 1 saturated heterocycles. The number of ether oxygens (including phenoxy) is 2. The van der Waals surface area contributed by atoms with Gasteiger partial charge >= 0.3 is 0 Å². The number of nitrogens with one attached hydrogen (secondary N) is 2. The first kappa shape index (κ1) is 15.9. The fourth-order valence-corrected chi connectivity index (χ4v) is 3.17. The van der Waals surface area contributed by atoms with Gasteiger partial charge in [-0.1, -0.05) is 0 Å². The zero-order valence-electron chi connectivity index (χ0n) is 14.5. The summed E-state index contributed by atoms with van der Waals surface area (Å²) in [7, 11) is 0. The molecule has 0 spiro atoms. The lowest BCUT2D eigenvalue weighted by Gasteiger charge is -2.23. The summed E-state index contributed by atoms with van der Waals surface area (Å²) in [4.78, 5) is 12.1. The highest BCUT2D eigenvalue weighted by Gasteiger charge is 2.20. The molecule has 4 heterocycles. The number of hydrogen-bond donors (Lipinski definition) is 2. The predicted molar refractivity (Wildman–Crippen MR) is 94.4 cm³/mol. The van der Waals surface area contributed by atoms with Gasteiger partial charge in [-0.15, -0.1) is 0 Å². The summed E-state index contributed by atoms with van der Waals surface area (Å²) < 4.78 is 13.2. The zero-order chi connectivity index (χ0) is 17.2. The first-order valence-corrected chi connectivity index (χ1v) is 8.63. The average molecular weight is 342 g/mol. The molecule has 1 fully saturated rings. The van der Waals surface area contributed by atoms with Crippen LogP contribution in [0.15, 0.2) is 18.5 Å². The van der Waals surface area contributed by atoms with E-state index in [0.29, 0.717) is 25.0 Å². The predicted octanol–water partition coefficient (Wildman–Crippen LogP) is 2.96. The van der Waals surface area contributed by atoms with Crippen LogP contribution in [-0.4, -0.2) is 44.6 Å². The first-order valence-electron chi connectivity index (χ1n) is 8.63. The zero-order valence-corrected chi connectivity index (χ0v) is 14.5. The van der Waals surface area contributed by atoms with Gasteiger partial charge < -0.3 is 19.8 Å². The number of hydrogen-bond acceptors (Lipinski definition) is 6. The Morgan fingerprint density at radius 3 is 3.16 bits per heavy atom. The summed E-state index contributed by atoms with van der Waals surface area (Å²) in [5.74, 6) is 1.06. The molecule has 3 aromatic rings. The number of H-pyrrole nitrogens is 1. The van der Waals surface area contributed by atoms with Crippen LogP contribution < -0.4 is 10.1 Å². The minimum atomic E-state index is 0.287. The summed E-state index contributed by atoms with van der Waals surface area (Å²) >= 11 is 0. The van der Waals surface area contributed by atoms with Crippen molar-refractivity contribution in [2.45, 2.75) is 32.7 Å². The Balaban J connectivity index is 1.62. The van der Waals surface area contributed by atoms with E-state index in [1.54, 1.807) is 0 Å². The lowest BCUT2D eigenvalue weighted by molar-refractivity contribution is 0.0542. The minimum Gasteiger partial charge on any atom is -0.477 e. The fourth-order valence-electron chi connectivity index (χ4n) is 3.17. The molecule has 0 aromatic carbocycles. The number of anilines is 2. The third-order valence-electron chi connectivity index (χ3n) is 4.44. The van der Waals surface area contributed by atoms with Crippen LogP contribution in [0.2, 0.25) is 0 Å². The highest BCUT2D eigenvalue weighted by atomic mass is 16.5. The van der Waals surface area contributed by atoms with Crippen molar-refractivity contribution in [3.63, 3.8) is 0 Å². The van der Waals surface area contributed by atoms with Crippen molar-refractivity contribution < 1.29 is 9.47 Å². The van der Waals surface area contributed by atoms with E-state index in [2.05, 4.69) is 25.4 Å². The van der Waals surface area contributed by atoms with E-state index in [1.165, 1.54) is 0 Å². The molecule has 25 heavy (non-hydrogen) atoms. The van der Waals surface area contributed by atoms with Crippen LogP contribution in [0.4, 0.5) is 11.6 Å². The van der Waals surface area contributed by atoms with E-state index in [4.69, 9.17) is 9.47 Å². The number of nitrogens with zero attached hydrogens (tertiary/aromatic N) is 4. The van der Waals surface area contributed by atoms with Gasteiger partial charge in [-0.25, -0.2) is 0 Å². The van der Waals surface area contributed by atoms with Gasteiger partial charge in [-0.05, 0) is 32.8 Å². The Hall–Kier alpha value is -2.61. The lowest BCUT2D eigenvalue weighted by atomic mass is 10.1. The molecule has 132 valence electrons. The molecule has 1 aliphatic rings. The molecule has 4 rings (SSSR count). The van der Waals surface area contributed by atoms with E-state index in [9.17, 15) is 0 Å². The Labute approximate surface area is 145 Å². The number of rotatable bonds is 5. The van der Waals surface area contributed by atoms with Crippen molar-refractivity contribution >= 4 is 22.7 Å². The summed E-state index contributed by atoms with van der Waals surface area (Å²) in [5.41, 5.74) is 2.68. The monoisotopic (exact) mass is 342 g/mol. The molecule has 0 saturated carbocycles. The second-order valence-electron chi connectivity index (χ2n) is 6.11. The van der Waals surface area contributed by atoms with Gasteiger partial charge in [0.25, 0.3) is 0 Å². The molecule has 1 atom stereocenters. The van der Waals surface area contributed by atoms with E-state index < -0.39 is 0 Å². The van der Waals surface area contributed by atoms with Gasteiger partial charge in [-0.3, -0.25) is 4.68 Å². The maximum Gasteiger partial charge on any atom is 0.232 e. The molecule has 8 heteroatoms. The summed E-state index contributed by atoms with van der Waals surface area (Å²) in [6, 6.07) is 2.20. The van der Waals surface area contributed by atoms with Crippen LogP contribution in [0.5, 0.6) is 5.88 Å². The maximum atomic E-state index is 5.64.